The average molecular weight is 695 g/mol. The molecule has 0 saturated heterocycles. The monoisotopic (exact) mass is 694 g/mol. The zero-order valence-corrected chi connectivity index (χ0v) is 31.3. The molecular weight excluding hydrogens is 633 g/mol. The van der Waals surface area contributed by atoms with Crippen LogP contribution in [0.1, 0.15) is 129 Å². The fourth-order valence-corrected chi connectivity index (χ4v) is 16.2. The Morgan fingerprint density at radius 3 is 1.78 bits per heavy atom. The molecule has 5 heteroatoms. The van der Waals surface area contributed by atoms with Crippen molar-refractivity contribution in [1.29, 1.82) is 0 Å². The first-order valence-electron chi connectivity index (χ1n) is 21.3. The summed E-state index contributed by atoms with van der Waals surface area (Å²) >= 11 is 0. The van der Waals surface area contributed by atoms with Gasteiger partial charge in [0.15, 0.2) is 11.6 Å². The molecule has 1 heterocycles. The predicted molar refractivity (Wildman–Crippen MR) is 197 cm³/mol. The summed E-state index contributed by atoms with van der Waals surface area (Å²) in [5.74, 6) is 6.56. The van der Waals surface area contributed by atoms with Gasteiger partial charge in [0.05, 0.1) is 24.4 Å². The van der Waals surface area contributed by atoms with Crippen molar-refractivity contribution in [2.24, 2.45) is 69.0 Å². The summed E-state index contributed by atoms with van der Waals surface area (Å²) in [6.07, 6.45) is 33.5. The number of rotatable bonds is 2. The van der Waals surface area contributed by atoms with E-state index in [0.717, 1.165) is 82.1 Å². The number of carbonyl (C=O) groups is 2. The van der Waals surface area contributed by atoms with Crippen molar-refractivity contribution in [2.75, 3.05) is 13.2 Å². The molecule has 12 atom stereocenters. The summed E-state index contributed by atoms with van der Waals surface area (Å²) < 4.78 is 6.58. The van der Waals surface area contributed by atoms with Crippen molar-refractivity contribution in [3.8, 4) is 0 Å². The van der Waals surface area contributed by atoms with Crippen LogP contribution in [-0.4, -0.2) is 46.2 Å². The van der Waals surface area contributed by atoms with E-state index in [1.807, 2.05) is 18.2 Å². The zero-order valence-electron chi connectivity index (χ0n) is 31.3. The summed E-state index contributed by atoms with van der Waals surface area (Å²) in [6.45, 7) is 5.75. The second kappa shape index (κ2) is 11.4. The summed E-state index contributed by atoms with van der Waals surface area (Å²) in [5.41, 5.74) is 3.03. The smallest absolute Gasteiger partial charge is 0.155 e. The highest BCUT2D eigenvalue weighted by Crippen LogP contribution is 2.79. The molecule has 8 unspecified atom stereocenters. The number of allylic oxidation sites excluding steroid dienone is 2. The molecule has 0 aromatic heterocycles. The quantitative estimate of drug-likeness (QED) is 0.283. The number of fused-ring (bicyclic) bond motifs is 12. The van der Waals surface area contributed by atoms with Gasteiger partial charge in [0.1, 0.15) is 0 Å². The SMILES string of the molecule is C[C@]12CCC3C4CCC(=O)C=C4CCC3C1CC1(CC1)[C@@]2(O)/C=C\CO.C[C@]12CCC3C4CCC(=O)C=C4CCC3C1CC1(CC1)[C@@]21C=CCO1. The van der Waals surface area contributed by atoms with E-state index in [0.29, 0.717) is 52.0 Å². The highest BCUT2D eigenvalue weighted by Gasteiger charge is 2.77. The van der Waals surface area contributed by atoms with E-state index in [9.17, 15) is 19.8 Å². The number of aliphatic hydroxyl groups is 2. The van der Waals surface area contributed by atoms with Gasteiger partial charge in [0.2, 0.25) is 0 Å². The van der Waals surface area contributed by atoms with E-state index in [1.165, 1.54) is 68.9 Å². The molecule has 276 valence electrons. The molecule has 2 N–H and O–H groups in total. The van der Waals surface area contributed by atoms with E-state index < -0.39 is 5.60 Å². The third-order valence-corrected chi connectivity index (χ3v) is 18.8. The predicted octanol–water partition coefficient (Wildman–Crippen LogP) is 8.64. The minimum absolute atomic E-state index is 0.00937. The third-order valence-electron chi connectivity index (χ3n) is 18.8. The van der Waals surface area contributed by atoms with Gasteiger partial charge in [-0.1, -0.05) is 49.3 Å². The molecule has 51 heavy (non-hydrogen) atoms. The van der Waals surface area contributed by atoms with E-state index in [4.69, 9.17) is 4.74 Å². The lowest BCUT2D eigenvalue weighted by atomic mass is 9.50. The van der Waals surface area contributed by atoms with Crippen LogP contribution in [0, 0.1) is 69.0 Å². The Labute approximate surface area is 305 Å². The van der Waals surface area contributed by atoms with Crippen molar-refractivity contribution >= 4 is 11.6 Å². The number of aliphatic hydroxyl groups excluding tert-OH is 1. The van der Waals surface area contributed by atoms with Crippen LogP contribution < -0.4 is 0 Å². The van der Waals surface area contributed by atoms with Crippen LogP contribution in [0.25, 0.3) is 0 Å². The lowest BCUT2D eigenvalue weighted by Gasteiger charge is -2.56. The first-order chi connectivity index (χ1) is 24.5. The molecule has 10 aliphatic carbocycles. The van der Waals surface area contributed by atoms with Gasteiger partial charge in [-0.15, -0.1) is 0 Å². The van der Waals surface area contributed by atoms with E-state index in [-0.39, 0.29) is 23.0 Å². The van der Waals surface area contributed by atoms with Gasteiger partial charge >= 0.3 is 0 Å². The Bertz CT molecular complexity index is 1620. The van der Waals surface area contributed by atoms with Crippen LogP contribution in [0.4, 0.5) is 0 Å². The van der Waals surface area contributed by atoms with E-state index in [1.54, 1.807) is 6.08 Å². The fourth-order valence-electron chi connectivity index (χ4n) is 16.2. The molecule has 11 rings (SSSR count). The minimum Gasteiger partial charge on any atom is -0.392 e. The third kappa shape index (κ3) is 4.44. The number of ketones is 2. The van der Waals surface area contributed by atoms with Gasteiger partial charge in [-0.2, -0.15) is 0 Å². The van der Waals surface area contributed by atoms with Crippen molar-refractivity contribution < 1.29 is 24.5 Å². The first-order valence-corrected chi connectivity index (χ1v) is 21.3. The molecule has 11 aliphatic rings. The minimum atomic E-state index is -0.753. The molecular formula is C46H62O5. The molecule has 8 fully saturated rings. The summed E-state index contributed by atoms with van der Waals surface area (Å²) in [6, 6.07) is 0. The van der Waals surface area contributed by atoms with Crippen LogP contribution in [-0.2, 0) is 14.3 Å². The molecule has 3 spiro atoms. The highest BCUT2D eigenvalue weighted by molar-refractivity contribution is 5.91. The van der Waals surface area contributed by atoms with Gasteiger partial charge in [-0.25, -0.2) is 0 Å². The largest absolute Gasteiger partial charge is 0.392 e. The maximum absolute atomic E-state index is 11.9. The van der Waals surface area contributed by atoms with Crippen LogP contribution in [0.2, 0.25) is 0 Å². The lowest BCUT2D eigenvalue weighted by molar-refractivity contribution is -0.129. The molecule has 0 aromatic carbocycles. The Balaban J connectivity index is 0.000000128. The average Bonchev–Trinajstić information content (AvgIpc) is 4.01. The molecule has 1 aliphatic heterocycles. The zero-order chi connectivity index (χ0) is 35.0. The molecule has 0 bridgehead atoms. The van der Waals surface area contributed by atoms with Gasteiger partial charge < -0.3 is 14.9 Å². The van der Waals surface area contributed by atoms with Crippen LogP contribution in [0.15, 0.2) is 47.6 Å². The maximum Gasteiger partial charge on any atom is 0.155 e. The molecule has 0 amide bonds. The number of hydrogen-bond donors (Lipinski definition) is 2. The maximum atomic E-state index is 11.9. The second-order valence-electron chi connectivity index (χ2n) is 20.3. The van der Waals surface area contributed by atoms with E-state index >= 15 is 0 Å². The number of hydrogen-bond acceptors (Lipinski definition) is 5. The standard InChI is InChI=1S/C23H32O3.C23H30O2/c1-21-9-7-18-17-6-4-16(25)13-15(17)3-5-19(18)20(21)14-22(10-11-22)23(21,26)8-2-12-24;1-21-9-7-18-17-6-4-16(24)13-15(17)3-5-19(18)20(21)14-22(10-11-22)23(21)8-2-12-25-23/h2,8,13,17-20,24,26H,3-7,9-12,14H2,1H3;2,8,13,17-20H,3-7,9-12,14H2,1H3/b8-2-;/t2*17?,18?,19?,20?,21-,23+/m00/s1. The normalized spacial score (nSPS) is 50.4. The Morgan fingerprint density at radius 2 is 1.25 bits per heavy atom. The van der Waals surface area contributed by atoms with Gasteiger partial charge in [0, 0.05) is 34.5 Å². The molecule has 8 saturated carbocycles. The molecule has 0 radical (unpaired) electrons. The first kappa shape index (κ1) is 33.7. The Morgan fingerprint density at radius 1 is 0.706 bits per heavy atom. The highest BCUT2D eigenvalue weighted by atomic mass is 16.5. The fraction of sp³-hybridized carbons (Fsp3) is 0.783. The van der Waals surface area contributed by atoms with E-state index in [2.05, 4.69) is 26.0 Å². The Hall–Kier alpha value is -1.82. The van der Waals surface area contributed by atoms with Crippen molar-refractivity contribution in [1.82, 2.24) is 0 Å². The summed E-state index contributed by atoms with van der Waals surface area (Å²) in [4.78, 5) is 23.7. The number of carbonyl (C=O) groups excluding carboxylic acids is 2. The van der Waals surface area contributed by atoms with Crippen molar-refractivity contribution in [2.45, 2.75) is 141 Å². The molecule has 5 nitrogen and oxygen atoms in total. The van der Waals surface area contributed by atoms with Crippen LogP contribution >= 0.6 is 0 Å². The van der Waals surface area contributed by atoms with Crippen molar-refractivity contribution in [3.05, 3.63) is 47.6 Å². The topological polar surface area (TPSA) is 83.8 Å². The van der Waals surface area contributed by atoms with Crippen LogP contribution in [0.3, 0.4) is 0 Å². The summed E-state index contributed by atoms with van der Waals surface area (Å²) in [5, 5.41) is 21.2. The Kier molecular flexibility index (Phi) is 7.51. The van der Waals surface area contributed by atoms with Crippen molar-refractivity contribution in [3.63, 3.8) is 0 Å². The lowest BCUT2D eigenvalue weighted by Crippen LogP contribution is -2.54. The van der Waals surface area contributed by atoms with Gasteiger partial charge in [0.25, 0.3) is 0 Å². The van der Waals surface area contributed by atoms with Gasteiger partial charge in [-0.05, 0) is 162 Å². The van der Waals surface area contributed by atoms with Gasteiger partial charge in [-0.3, -0.25) is 9.59 Å². The van der Waals surface area contributed by atoms with Crippen LogP contribution in [0.5, 0.6) is 0 Å². The summed E-state index contributed by atoms with van der Waals surface area (Å²) in [7, 11) is 0. The number of ether oxygens (including phenoxy) is 1. The second-order valence-corrected chi connectivity index (χ2v) is 20.3. The molecule has 0 aromatic rings.